The van der Waals surface area contributed by atoms with E-state index in [1.165, 1.54) is 30.2 Å². The first-order chi connectivity index (χ1) is 21.6. The van der Waals surface area contributed by atoms with Crippen LogP contribution in [-0.4, -0.2) is 53.0 Å². The number of amides is 4. The Morgan fingerprint density at radius 3 is 2.29 bits per heavy atom. The van der Waals surface area contributed by atoms with Crippen LogP contribution in [0.5, 0.6) is 11.5 Å². The van der Waals surface area contributed by atoms with Gasteiger partial charge in [-0.05, 0) is 73.1 Å². The van der Waals surface area contributed by atoms with Gasteiger partial charge in [0.15, 0.2) is 11.5 Å². The first kappa shape index (κ1) is 29.0. The molecule has 2 saturated heterocycles. The second-order valence-corrected chi connectivity index (χ2v) is 12.4. The summed E-state index contributed by atoms with van der Waals surface area (Å²) in [7, 11) is -0.341. The lowest BCUT2D eigenvalue weighted by molar-refractivity contribution is -0.131. The summed E-state index contributed by atoms with van der Waals surface area (Å²) >= 11 is 0. The van der Waals surface area contributed by atoms with E-state index in [9.17, 15) is 34.3 Å². The number of ether oxygens (including phenoxy) is 1. The van der Waals surface area contributed by atoms with Crippen LogP contribution in [0.15, 0.2) is 84.4 Å². The number of imide groups is 2. The van der Waals surface area contributed by atoms with Crippen molar-refractivity contribution in [1.29, 1.82) is 0 Å². The van der Waals surface area contributed by atoms with Crippen LogP contribution in [0.25, 0.3) is 0 Å². The number of para-hydroxylation sites is 1. The molecule has 228 valence electrons. The molecule has 4 amide bonds. The lowest BCUT2D eigenvalue weighted by atomic mass is 9.51. The van der Waals surface area contributed by atoms with E-state index in [2.05, 4.69) is 0 Å². The largest absolute Gasteiger partial charge is 0.504 e. The Hall–Kier alpha value is -4.74. The van der Waals surface area contributed by atoms with Gasteiger partial charge in [-0.3, -0.25) is 24.1 Å². The number of phenolic OH excluding ortho intramolecular Hbond substituents is 1. The van der Waals surface area contributed by atoms with Crippen molar-refractivity contribution in [3.05, 3.63) is 90.0 Å². The molecule has 0 radical (unpaired) electrons. The molecule has 7 rings (SSSR count). The normalized spacial score (nSPS) is 28.9. The molecule has 2 aliphatic carbocycles. The number of hydrogen-bond donors (Lipinski definition) is 3. The number of aromatic hydroxyl groups is 1. The molecule has 0 bridgehead atoms. The highest BCUT2D eigenvalue weighted by Crippen LogP contribution is 2.64. The van der Waals surface area contributed by atoms with Crippen LogP contribution in [0.3, 0.4) is 0 Å². The molecule has 6 atom stereocenters. The summed E-state index contributed by atoms with van der Waals surface area (Å²) in [4.78, 5) is 59.0. The summed E-state index contributed by atoms with van der Waals surface area (Å²) in [6.07, 6.45) is 2.41. The zero-order valence-electron chi connectivity index (χ0n) is 24.7. The second kappa shape index (κ2) is 10.4. The van der Waals surface area contributed by atoms with Gasteiger partial charge in [-0.2, -0.15) is 0 Å². The number of rotatable bonds is 5. The van der Waals surface area contributed by atoms with E-state index in [1.54, 1.807) is 61.5 Å². The van der Waals surface area contributed by atoms with Crippen molar-refractivity contribution in [3.63, 3.8) is 0 Å². The van der Waals surface area contributed by atoms with Crippen molar-refractivity contribution < 1.29 is 39.1 Å². The van der Waals surface area contributed by atoms with E-state index >= 15 is 0 Å². The molecule has 45 heavy (non-hydrogen) atoms. The van der Waals surface area contributed by atoms with Gasteiger partial charge in [0.25, 0.3) is 0 Å². The summed E-state index contributed by atoms with van der Waals surface area (Å²) in [5.41, 5.74) is 1.09. The number of carbonyl (C=O) groups is 4. The standard InChI is InChI=1S/C34H31BN2O8/c1-34-25(31(40)37(33(34)42)20-8-4-3-5-9-20)17-24-22(29(34)18-11-14-26(38)27(15-18)45-2)12-13-23-28(24)32(41)36(30(23)39)21-10-6-7-19(16-21)35(43)44/h3-12,14-16,23-25,28-29,38,43-44H,13,17H2,1-2H3/t23-,24+,25-,28-,29-,34+/m0/s1. The van der Waals surface area contributed by atoms with Crippen LogP contribution in [-0.2, 0) is 19.2 Å². The minimum atomic E-state index is -1.77. The molecule has 11 heteroatoms. The fourth-order valence-electron chi connectivity index (χ4n) is 8.17. The lowest BCUT2D eigenvalue weighted by Gasteiger charge is -2.49. The topological polar surface area (TPSA) is 145 Å². The summed E-state index contributed by atoms with van der Waals surface area (Å²) in [5, 5.41) is 29.8. The summed E-state index contributed by atoms with van der Waals surface area (Å²) in [6.45, 7) is 1.80. The summed E-state index contributed by atoms with van der Waals surface area (Å²) in [5.74, 6) is -4.79. The molecule has 10 nitrogen and oxygen atoms in total. The van der Waals surface area contributed by atoms with Crippen LogP contribution >= 0.6 is 0 Å². The fraction of sp³-hybridized carbons (Fsp3) is 0.294. The molecule has 3 fully saturated rings. The van der Waals surface area contributed by atoms with Gasteiger partial charge in [0.2, 0.25) is 23.6 Å². The van der Waals surface area contributed by atoms with Crippen LogP contribution in [0, 0.1) is 29.1 Å². The number of carbonyl (C=O) groups excluding carboxylic acids is 4. The molecule has 3 aromatic rings. The van der Waals surface area contributed by atoms with Crippen molar-refractivity contribution in [2.24, 2.45) is 29.1 Å². The SMILES string of the molecule is COc1cc([C@H]2C3=CC[C@@H]4C(=O)N(c5cccc(B(O)O)c5)C(=O)[C@@H]4[C@@H]3C[C@H]3C(=O)N(c4ccccc4)C(=O)[C@@]23C)ccc1O. The third-order valence-corrected chi connectivity index (χ3v) is 10.3. The number of phenols is 1. The van der Waals surface area contributed by atoms with E-state index in [1.807, 2.05) is 6.08 Å². The Labute approximate surface area is 259 Å². The van der Waals surface area contributed by atoms with Crippen molar-refractivity contribution in [1.82, 2.24) is 0 Å². The number of benzene rings is 3. The Morgan fingerprint density at radius 2 is 1.58 bits per heavy atom. The zero-order valence-corrected chi connectivity index (χ0v) is 24.7. The van der Waals surface area contributed by atoms with Crippen molar-refractivity contribution in [2.75, 3.05) is 16.9 Å². The minimum Gasteiger partial charge on any atom is -0.504 e. The van der Waals surface area contributed by atoms with Gasteiger partial charge in [-0.25, -0.2) is 4.90 Å². The first-order valence-electron chi connectivity index (χ1n) is 14.9. The maximum atomic E-state index is 14.4. The van der Waals surface area contributed by atoms with E-state index in [0.717, 1.165) is 10.5 Å². The Bertz CT molecular complexity index is 1790. The molecular formula is C34H31BN2O8. The van der Waals surface area contributed by atoms with E-state index in [4.69, 9.17) is 4.74 Å². The van der Waals surface area contributed by atoms with Crippen LogP contribution in [0.4, 0.5) is 11.4 Å². The van der Waals surface area contributed by atoms with Gasteiger partial charge in [0.1, 0.15) is 0 Å². The van der Waals surface area contributed by atoms with Crippen molar-refractivity contribution in [2.45, 2.75) is 25.7 Å². The number of methoxy groups -OCH3 is 1. The van der Waals surface area contributed by atoms with E-state index in [0.29, 0.717) is 11.3 Å². The van der Waals surface area contributed by atoms with Crippen LogP contribution in [0.2, 0.25) is 0 Å². The Balaban J connectivity index is 1.36. The third kappa shape index (κ3) is 4.10. The molecule has 0 aromatic heterocycles. The average Bonchev–Trinajstić information content (AvgIpc) is 3.41. The molecule has 2 aliphatic heterocycles. The van der Waals surface area contributed by atoms with Gasteiger partial charge in [0, 0.05) is 5.92 Å². The molecule has 4 aliphatic rings. The van der Waals surface area contributed by atoms with Gasteiger partial charge in [-0.15, -0.1) is 0 Å². The van der Waals surface area contributed by atoms with Gasteiger partial charge in [-0.1, -0.05) is 48.0 Å². The third-order valence-electron chi connectivity index (χ3n) is 10.3. The molecule has 2 heterocycles. The van der Waals surface area contributed by atoms with Crippen LogP contribution in [0.1, 0.15) is 31.2 Å². The number of nitrogens with zero attached hydrogens (tertiary/aromatic N) is 2. The zero-order chi connectivity index (χ0) is 31.8. The van der Waals surface area contributed by atoms with E-state index < -0.39 is 48.0 Å². The van der Waals surface area contributed by atoms with Gasteiger partial charge in [0.05, 0.1) is 41.7 Å². The molecule has 3 aromatic carbocycles. The average molecular weight is 606 g/mol. The fourth-order valence-corrected chi connectivity index (χ4v) is 8.17. The minimum absolute atomic E-state index is 0.0739. The summed E-state index contributed by atoms with van der Waals surface area (Å²) < 4.78 is 5.41. The molecule has 0 unspecified atom stereocenters. The van der Waals surface area contributed by atoms with Crippen molar-refractivity contribution in [3.8, 4) is 11.5 Å². The lowest BCUT2D eigenvalue weighted by Crippen LogP contribution is -2.48. The number of anilines is 2. The predicted octanol–water partition coefficient (Wildman–Crippen LogP) is 2.52. The first-order valence-corrected chi connectivity index (χ1v) is 14.9. The highest BCUT2D eigenvalue weighted by molar-refractivity contribution is 6.58. The smallest absolute Gasteiger partial charge is 0.488 e. The molecule has 3 N–H and O–H groups in total. The molecular weight excluding hydrogens is 575 g/mol. The molecule has 1 saturated carbocycles. The van der Waals surface area contributed by atoms with E-state index in [-0.39, 0.29) is 53.2 Å². The number of fused-ring (bicyclic) bond motifs is 4. The Morgan fingerprint density at radius 1 is 0.844 bits per heavy atom. The maximum Gasteiger partial charge on any atom is 0.488 e. The highest BCUT2D eigenvalue weighted by Gasteiger charge is 2.67. The van der Waals surface area contributed by atoms with Crippen molar-refractivity contribution >= 4 is 47.6 Å². The van der Waals surface area contributed by atoms with Gasteiger partial charge >= 0.3 is 7.12 Å². The predicted molar refractivity (Wildman–Crippen MR) is 164 cm³/mol. The number of allylic oxidation sites excluding steroid dienone is 2. The Kier molecular flexibility index (Phi) is 6.72. The highest BCUT2D eigenvalue weighted by atomic mass is 16.5. The van der Waals surface area contributed by atoms with Crippen LogP contribution < -0.4 is 20.0 Å². The summed E-state index contributed by atoms with van der Waals surface area (Å²) in [6, 6.07) is 19.7. The quantitative estimate of drug-likeness (QED) is 0.228. The monoisotopic (exact) mass is 606 g/mol. The second-order valence-electron chi connectivity index (χ2n) is 12.4. The number of hydrogen-bond acceptors (Lipinski definition) is 8. The molecule has 0 spiro atoms. The maximum absolute atomic E-state index is 14.4. The van der Waals surface area contributed by atoms with Gasteiger partial charge < -0.3 is 19.9 Å².